The third-order valence-corrected chi connectivity index (χ3v) is 4.69. The van der Waals surface area contributed by atoms with E-state index in [-0.39, 0.29) is 0 Å². The van der Waals surface area contributed by atoms with Crippen molar-refractivity contribution >= 4 is 23.4 Å². The molecule has 1 N–H and O–H groups in total. The molecule has 2 unspecified atom stereocenters. The van der Waals surface area contributed by atoms with Crippen LogP contribution in [0.25, 0.3) is 11.2 Å². The van der Waals surface area contributed by atoms with Gasteiger partial charge in [-0.1, -0.05) is 30.3 Å². The van der Waals surface area contributed by atoms with Crippen LogP contribution in [0.5, 0.6) is 0 Å². The molecule has 2 atom stereocenters. The number of aromatic nitrogens is 4. The maximum absolute atomic E-state index is 5.56. The van der Waals surface area contributed by atoms with E-state index in [0.717, 1.165) is 34.6 Å². The van der Waals surface area contributed by atoms with Gasteiger partial charge in [-0.25, -0.2) is 4.68 Å². The monoisotopic (exact) mass is 298 g/mol. The van der Waals surface area contributed by atoms with E-state index >= 15 is 0 Å². The topological polar surface area (TPSA) is 38.5 Å². The molecule has 2 aromatic heterocycles. The second kappa shape index (κ2) is 4.56. The molecule has 108 valence electrons. The summed E-state index contributed by atoms with van der Waals surface area (Å²) in [4.78, 5) is 3.34. The first-order valence-corrected chi connectivity index (χ1v) is 7.84. The Hall–Kier alpha value is -1.88. The lowest BCUT2D eigenvalue weighted by atomic mass is 10.1. The summed E-state index contributed by atoms with van der Waals surface area (Å²) in [7, 11) is 0. The molecule has 0 spiro atoms. The summed E-state index contributed by atoms with van der Waals surface area (Å²) in [5.41, 5.74) is 4.65. The molecular formula is C16H18N4S. The fourth-order valence-electron chi connectivity index (χ4n) is 3.28. The van der Waals surface area contributed by atoms with Gasteiger partial charge < -0.3 is 4.98 Å². The Kier molecular flexibility index (Phi) is 2.79. The van der Waals surface area contributed by atoms with Crippen molar-refractivity contribution in [1.29, 1.82) is 0 Å². The molecule has 21 heavy (non-hydrogen) atoms. The summed E-state index contributed by atoms with van der Waals surface area (Å²) in [5, 5.41) is 4.60. The van der Waals surface area contributed by atoms with Crippen LogP contribution in [0.3, 0.4) is 0 Å². The number of aromatic amines is 1. The van der Waals surface area contributed by atoms with E-state index in [9.17, 15) is 0 Å². The number of hydrogen-bond acceptors (Lipinski definition) is 2. The maximum atomic E-state index is 5.56. The average Bonchev–Trinajstić information content (AvgIpc) is 3.13. The second-order valence-electron chi connectivity index (χ2n) is 5.72. The van der Waals surface area contributed by atoms with Crippen molar-refractivity contribution < 1.29 is 0 Å². The molecule has 0 saturated heterocycles. The van der Waals surface area contributed by atoms with E-state index in [0.29, 0.717) is 12.0 Å². The first-order chi connectivity index (χ1) is 10.2. The Balaban J connectivity index is 1.82. The van der Waals surface area contributed by atoms with Gasteiger partial charge >= 0.3 is 0 Å². The SMILES string of the molecule is CCn1nc(C)c2[nH]c(=S)n(C3CC3c3ccccc3)c21. The maximum Gasteiger partial charge on any atom is 0.179 e. The Morgan fingerprint density at radius 1 is 1.33 bits per heavy atom. The lowest BCUT2D eigenvalue weighted by Crippen LogP contribution is -2.04. The van der Waals surface area contributed by atoms with Crippen molar-refractivity contribution in [3.05, 3.63) is 46.4 Å². The smallest absolute Gasteiger partial charge is 0.179 e. The fraction of sp³-hybridized carbons (Fsp3) is 0.375. The fourth-order valence-corrected chi connectivity index (χ4v) is 3.60. The molecule has 4 nitrogen and oxygen atoms in total. The standard InChI is InChI=1S/C16H18N4S/c1-3-19-15-14(10(2)18-19)17-16(21)20(15)13-9-12(13)11-7-5-4-6-8-11/h4-8,12-13H,3,9H2,1-2H3,(H,17,21). The highest BCUT2D eigenvalue weighted by molar-refractivity contribution is 7.71. The van der Waals surface area contributed by atoms with Crippen LogP contribution >= 0.6 is 12.2 Å². The Bertz CT molecular complexity index is 856. The Morgan fingerprint density at radius 3 is 2.81 bits per heavy atom. The minimum absolute atomic E-state index is 0.454. The number of nitrogens with one attached hydrogen (secondary N) is 1. The van der Waals surface area contributed by atoms with Crippen LogP contribution in [-0.2, 0) is 6.54 Å². The van der Waals surface area contributed by atoms with Gasteiger partial charge in [-0.05, 0) is 38.0 Å². The third-order valence-electron chi connectivity index (χ3n) is 4.40. The summed E-state index contributed by atoms with van der Waals surface area (Å²) >= 11 is 5.56. The zero-order valence-electron chi connectivity index (χ0n) is 12.2. The molecule has 1 aliphatic rings. The number of aryl methyl sites for hydroxylation is 2. The zero-order chi connectivity index (χ0) is 14.6. The van der Waals surface area contributed by atoms with Gasteiger partial charge in [-0.3, -0.25) is 4.57 Å². The van der Waals surface area contributed by atoms with Gasteiger partial charge in [0.05, 0.1) is 5.69 Å². The number of nitrogens with zero attached hydrogens (tertiary/aromatic N) is 3. The number of rotatable bonds is 3. The zero-order valence-corrected chi connectivity index (χ0v) is 13.0. The van der Waals surface area contributed by atoms with E-state index in [2.05, 4.69) is 56.6 Å². The lowest BCUT2D eigenvalue weighted by molar-refractivity contribution is 0.627. The highest BCUT2D eigenvalue weighted by Crippen LogP contribution is 2.52. The van der Waals surface area contributed by atoms with Crippen molar-refractivity contribution in [1.82, 2.24) is 19.3 Å². The average molecular weight is 298 g/mol. The molecule has 4 rings (SSSR count). The molecule has 1 fully saturated rings. The van der Waals surface area contributed by atoms with Crippen molar-refractivity contribution in [2.24, 2.45) is 0 Å². The minimum Gasteiger partial charge on any atom is -0.328 e. The summed E-state index contributed by atoms with van der Waals surface area (Å²) in [6, 6.07) is 11.2. The number of benzene rings is 1. The summed E-state index contributed by atoms with van der Waals surface area (Å²) in [6.45, 7) is 5.01. The van der Waals surface area contributed by atoms with Crippen molar-refractivity contribution in [3.63, 3.8) is 0 Å². The van der Waals surface area contributed by atoms with Crippen molar-refractivity contribution in [3.8, 4) is 0 Å². The van der Waals surface area contributed by atoms with Crippen LogP contribution in [0.1, 0.15) is 36.6 Å². The predicted molar refractivity (Wildman–Crippen MR) is 86.2 cm³/mol. The van der Waals surface area contributed by atoms with Crippen LogP contribution < -0.4 is 0 Å². The third kappa shape index (κ3) is 1.87. The Morgan fingerprint density at radius 2 is 2.10 bits per heavy atom. The van der Waals surface area contributed by atoms with Gasteiger partial charge in [0.1, 0.15) is 5.52 Å². The van der Waals surface area contributed by atoms with Crippen LogP contribution in [0, 0.1) is 11.7 Å². The van der Waals surface area contributed by atoms with Crippen molar-refractivity contribution in [2.45, 2.75) is 38.8 Å². The normalized spacial score (nSPS) is 21.0. The van der Waals surface area contributed by atoms with E-state index < -0.39 is 0 Å². The molecular weight excluding hydrogens is 280 g/mol. The van der Waals surface area contributed by atoms with E-state index in [1.54, 1.807) is 0 Å². The summed E-state index contributed by atoms with van der Waals surface area (Å²) < 4.78 is 5.14. The number of imidazole rings is 1. The number of H-pyrrole nitrogens is 1. The number of fused-ring (bicyclic) bond motifs is 1. The predicted octanol–water partition coefficient (Wildman–Crippen LogP) is 3.95. The molecule has 1 aromatic carbocycles. The summed E-state index contributed by atoms with van der Waals surface area (Å²) in [5.74, 6) is 0.567. The first-order valence-electron chi connectivity index (χ1n) is 7.43. The molecule has 2 heterocycles. The molecule has 0 aliphatic heterocycles. The van der Waals surface area contributed by atoms with Gasteiger partial charge in [0.25, 0.3) is 0 Å². The van der Waals surface area contributed by atoms with Gasteiger partial charge in [-0.15, -0.1) is 0 Å². The lowest BCUT2D eigenvalue weighted by Gasteiger charge is -2.06. The molecule has 5 heteroatoms. The van der Waals surface area contributed by atoms with Crippen LogP contribution in [0.15, 0.2) is 30.3 Å². The van der Waals surface area contributed by atoms with Gasteiger partial charge in [-0.2, -0.15) is 5.10 Å². The highest BCUT2D eigenvalue weighted by Gasteiger charge is 2.41. The molecule has 0 bridgehead atoms. The van der Waals surface area contributed by atoms with Gasteiger partial charge in [0.2, 0.25) is 0 Å². The number of hydrogen-bond donors (Lipinski definition) is 1. The quantitative estimate of drug-likeness (QED) is 0.744. The molecule has 1 saturated carbocycles. The van der Waals surface area contributed by atoms with E-state index in [4.69, 9.17) is 12.2 Å². The van der Waals surface area contributed by atoms with E-state index in [1.807, 2.05) is 6.92 Å². The first kappa shape index (κ1) is 12.8. The molecule has 3 aromatic rings. The van der Waals surface area contributed by atoms with Gasteiger partial charge in [0.15, 0.2) is 10.4 Å². The van der Waals surface area contributed by atoms with Gasteiger partial charge in [0, 0.05) is 18.5 Å². The molecule has 1 aliphatic carbocycles. The van der Waals surface area contributed by atoms with Crippen LogP contribution in [0.4, 0.5) is 0 Å². The highest BCUT2D eigenvalue weighted by atomic mass is 32.1. The minimum atomic E-state index is 0.454. The second-order valence-corrected chi connectivity index (χ2v) is 6.11. The Labute approximate surface area is 128 Å². The summed E-state index contributed by atoms with van der Waals surface area (Å²) in [6.07, 6.45) is 1.15. The van der Waals surface area contributed by atoms with Crippen molar-refractivity contribution in [2.75, 3.05) is 0 Å². The van der Waals surface area contributed by atoms with Crippen LogP contribution in [-0.4, -0.2) is 19.3 Å². The largest absolute Gasteiger partial charge is 0.328 e. The molecule has 0 amide bonds. The van der Waals surface area contributed by atoms with E-state index in [1.165, 1.54) is 5.56 Å². The molecule has 0 radical (unpaired) electrons. The van der Waals surface area contributed by atoms with Crippen LogP contribution in [0.2, 0.25) is 0 Å².